The van der Waals surface area contributed by atoms with Gasteiger partial charge in [-0.3, -0.25) is 20.0 Å². The molecule has 8 nitrogen and oxygen atoms in total. The van der Waals surface area contributed by atoms with Crippen LogP contribution in [0, 0.1) is 5.92 Å². The lowest BCUT2D eigenvalue weighted by Crippen LogP contribution is -2.47. The molecule has 2 aliphatic rings. The van der Waals surface area contributed by atoms with Gasteiger partial charge >= 0.3 is 12.3 Å². The topological polar surface area (TPSA) is 90.6 Å². The van der Waals surface area contributed by atoms with E-state index in [1.54, 1.807) is 50.1 Å². The van der Waals surface area contributed by atoms with Gasteiger partial charge in [-0.1, -0.05) is 6.07 Å². The van der Waals surface area contributed by atoms with E-state index >= 15 is 0 Å². The first-order chi connectivity index (χ1) is 16.9. The van der Waals surface area contributed by atoms with Crippen molar-refractivity contribution in [3.8, 4) is 0 Å². The number of alkyl halides is 3. The number of nitrogens with zero attached hydrogens (tertiary/aromatic N) is 3. The van der Waals surface area contributed by atoms with Gasteiger partial charge in [-0.05, 0) is 68.5 Å². The Kier molecular flexibility index (Phi) is 6.85. The molecule has 2 aliphatic heterocycles. The molecular formula is C24H26F3N5O3S. The van der Waals surface area contributed by atoms with E-state index in [1.807, 2.05) is 0 Å². The summed E-state index contributed by atoms with van der Waals surface area (Å²) >= 11 is 4.98. The number of rotatable bonds is 3. The van der Waals surface area contributed by atoms with Crippen LogP contribution in [0.2, 0.25) is 0 Å². The molecule has 4 heterocycles. The molecule has 0 spiro atoms. The first-order valence-corrected chi connectivity index (χ1v) is 11.8. The van der Waals surface area contributed by atoms with Crippen molar-refractivity contribution >= 4 is 34.9 Å². The molecule has 0 aliphatic carbocycles. The lowest BCUT2D eigenvalue weighted by atomic mass is 9.87. The zero-order chi connectivity index (χ0) is 26.3. The summed E-state index contributed by atoms with van der Waals surface area (Å²) in [5.74, 6) is -1.72. The number of aromatic amines is 1. The third-order valence-corrected chi connectivity index (χ3v) is 6.30. The minimum Gasteiger partial charge on any atom is -0.444 e. The highest BCUT2D eigenvalue weighted by Crippen LogP contribution is 2.43. The number of carbonyl (C=O) groups is 2. The Morgan fingerprint density at radius 2 is 2.06 bits per heavy atom. The highest BCUT2D eigenvalue weighted by molar-refractivity contribution is 7.78. The number of ether oxygens (including phenoxy) is 1. The maximum Gasteiger partial charge on any atom is 0.410 e. The quantitative estimate of drug-likeness (QED) is 0.562. The number of hydrogen-bond donors (Lipinski definition) is 2. The van der Waals surface area contributed by atoms with E-state index in [9.17, 15) is 22.8 Å². The Morgan fingerprint density at radius 1 is 1.31 bits per heavy atom. The van der Waals surface area contributed by atoms with Gasteiger partial charge in [0.1, 0.15) is 11.3 Å². The van der Waals surface area contributed by atoms with Gasteiger partial charge in [-0.25, -0.2) is 4.79 Å². The van der Waals surface area contributed by atoms with Crippen molar-refractivity contribution in [1.82, 2.24) is 20.2 Å². The normalized spacial score (nSPS) is 20.5. The molecule has 192 valence electrons. The number of hydrogen-bond acceptors (Lipinski definition) is 6. The van der Waals surface area contributed by atoms with Crippen LogP contribution >= 0.6 is 12.2 Å². The fourth-order valence-corrected chi connectivity index (χ4v) is 4.65. The number of H-pyrrole nitrogens is 1. The van der Waals surface area contributed by atoms with Gasteiger partial charge in [0, 0.05) is 18.9 Å². The second-order valence-corrected chi connectivity index (χ2v) is 9.93. The molecule has 4 rings (SSSR count). The van der Waals surface area contributed by atoms with Crippen molar-refractivity contribution < 1.29 is 27.5 Å². The third kappa shape index (κ3) is 5.24. The van der Waals surface area contributed by atoms with Crippen molar-refractivity contribution in [2.24, 2.45) is 5.92 Å². The standard InChI is InChI=1S/C24H26F3N5O3S/c1-23(2,3)35-22(34)31-10-7-15(24(25,26)27)11-17(31)19-14(5-4-8-28-19)12-32-16-6-9-29-20(16)21(33)30-18(32)13-36/h4-6,8-9,15,17,29H,7,10-12H2,1-3H3,(H,30,33)/t15-,17-/m1/s1. The average molecular weight is 522 g/mol. The van der Waals surface area contributed by atoms with Gasteiger partial charge in [0.15, 0.2) is 5.82 Å². The molecule has 0 radical (unpaired) electrons. The smallest absolute Gasteiger partial charge is 0.410 e. The largest absolute Gasteiger partial charge is 0.444 e. The zero-order valence-electron chi connectivity index (χ0n) is 20.0. The molecule has 0 aromatic carbocycles. The number of halogens is 3. The van der Waals surface area contributed by atoms with Crippen LogP contribution in [0.5, 0.6) is 0 Å². The molecule has 2 N–H and O–H groups in total. The van der Waals surface area contributed by atoms with E-state index in [4.69, 9.17) is 17.0 Å². The highest BCUT2D eigenvalue weighted by Gasteiger charge is 2.47. The summed E-state index contributed by atoms with van der Waals surface area (Å²) in [7, 11) is 0. The molecule has 2 aromatic heterocycles. The van der Waals surface area contributed by atoms with Crippen LogP contribution in [0.4, 0.5) is 23.7 Å². The predicted octanol–water partition coefficient (Wildman–Crippen LogP) is 4.85. The van der Waals surface area contributed by atoms with E-state index in [2.05, 4.69) is 20.3 Å². The fraction of sp³-hybridized carbons (Fsp3) is 0.458. The number of pyridine rings is 1. The van der Waals surface area contributed by atoms with Crippen molar-refractivity contribution in [3.63, 3.8) is 0 Å². The van der Waals surface area contributed by atoms with Gasteiger partial charge < -0.3 is 14.6 Å². The summed E-state index contributed by atoms with van der Waals surface area (Å²) in [6, 6.07) is 4.14. The van der Waals surface area contributed by atoms with Crippen LogP contribution in [0.1, 0.15) is 61.4 Å². The average Bonchev–Trinajstić information content (AvgIpc) is 3.30. The minimum absolute atomic E-state index is 0.118. The second-order valence-electron chi connectivity index (χ2n) is 9.73. The summed E-state index contributed by atoms with van der Waals surface area (Å²) in [5, 5.41) is 5.20. The zero-order valence-corrected chi connectivity index (χ0v) is 20.8. The van der Waals surface area contributed by atoms with E-state index < -0.39 is 29.8 Å². The van der Waals surface area contributed by atoms with Gasteiger partial charge in [0.25, 0.3) is 5.91 Å². The van der Waals surface area contributed by atoms with E-state index in [-0.39, 0.29) is 37.7 Å². The SMILES string of the molecule is CC(C)(C)OC(=O)N1CC[C@@H](C(F)(F)F)C[C@@H]1c1ncccc1CN1C(=C=S)NC(=O)c2[nH]ccc21. The number of fused-ring (bicyclic) bond motifs is 1. The number of thiocarbonyl (C=S) groups is 1. The Balaban J connectivity index is 1.73. The highest BCUT2D eigenvalue weighted by atomic mass is 32.1. The van der Waals surface area contributed by atoms with Gasteiger partial charge in [0.05, 0.1) is 29.9 Å². The fourth-order valence-electron chi connectivity index (χ4n) is 4.49. The van der Waals surface area contributed by atoms with E-state index in [0.29, 0.717) is 22.6 Å². The molecule has 0 bridgehead atoms. The van der Waals surface area contributed by atoms with Gasteiger partial charge in [-0.2, -0.15) is 13.2 Å². The lowest BCUT2D eigenvalue weighted by molar-refractivity contribution is -0.189. The molecule has 1 saturated heterocycles. The van der Waals surface area contributed by atoms with Crippen molar-refractivity contribution in [3.05, 3.63) is 53.4 Å². The molecule has 2 amide bonds. The molecule has 1 fully saturated rings. The van der Waals surface area contributed by atoms with Crippen molar-refractivity contribution in [2.75, 3.05) is 11.4 Å². The number of carbonyl (C=O) groups excluding carboxylic acids is 2. The number of piperidine rings is 1. The Morgan fingerprint density at radius 3 is 2.72 bits per heavy atom. The van der Waals surface area contributed by atoms with Crippen LogP contribution in [-0.4, -0.2) is 50.2 Å². The minimum atomic E-state index is -4.41. The van der Waals surface area contributed by atoms with Gasteiger partial charge in [-0.15, -0.1) is 0 Å². The van der Waals surface area contributed by atoms with Gasteiger partial charge in [0.2, 0.25) is 0 Å². The van der Waals surface area contributed by atoms with Crippen LogP contribution in [0.25, 0.3) is 0 Å². The van der Waals surface area contributed by atoms with Crippen LogP contribution in [-0.2, 0) is 11.3 Å². The first kappa shape index (κ1) is 25.7. The van der Waals surface area contributed by atoms with Crippen LogP contribution in [0.3, 0.4) is 0 Å². The summed E-state index contributed by atoms with van der Waals surface area (Å²) in [6.45, 7) is 5.11. The maximum atomic E-state index is 13.7. The second kappa shape index (κ2) is 9.59. The molecule has 0 saturated carbocycles. The summed E-state index contributed by atoms with van der Waals surface area (Å²) in [4.78, 5) is 35.7. The van der Waals surface area contributed by atoms with Crippen molar-refractivity contribution in [2.45, 2.75) is 58.0 Å². The first-order valence-electron chi connectivity index (χ1n) is 11.4. The van der Waals surface area contributed by atoms with Crippen LogP contribution < -0.4 is 10.2 Å². The maximum absolute atomic E-state index is 13.7. The Bertz CT molecular complexity index is 1220. The number of amides is 2. The van der Waals surface area contributed by atoms with E-state index in [1.165, 1.54) is 11.1 Å². The molecule has 2 aromatic rings. The molecule has 36 heavy (non-hydrogen) atoms. The third-order valence-electron chi connectivity index (χ3n) is 6.10. The molecule has 0 unspecified atom stereocenters. The number of nitrogens with one attached hydrogen (secondary N) is 2. The summed E-state index contributed by atoms with van der Waals surface area (Å²) < 4.78 is 46.7. The molecule has 12 heteroatoms. The van der Waals surface area contributed by atoms with E-state index in [0.717, 1.165) is 0 Å². The van der Waals surface area contributed by atoms with Crippen molar-refractivity contribution in [1.29, 1.82) is 0 Å². The molecular weight excluding hydrogens is 495 g/mol. The van der Waals surface area contributed by atoms with Crippen LogP contribution in [0.15, 0.2) is 36.4 Å². The Hall–Kier alpha value is -3.37. The molecule has 2 atom stereocenters. The number of aromatic nitrogens is 2. The summed E-state index contributed by atoms with van der Waals surface area (Å²) in [5.41, 5.74) is 0.951. The lowest BCUT2D eigenvalue weighted by Gasteiger charge is -2.41. The number of anilines is 1. The Labute approximate surface area is 211 Å². The summed E-state index contributed by atoms with van der Waals surface area (Å²) in [6.07, 6.45) is -2.56. The predicted molar refractivity (Wildman–Crippen MR) is 129 cm³/mol. The monoisotopic (exact) mass is 521 g/mol. The number of likely N-dealkylation sites (tertiary alicyclic amines) is 1.